The monoisotopic (exact) mass is 260 g/mol. The fraction of sp³-hybridized carbons (Fsp3) is 0.467. The highest BCUT2D eigenvalue weighted by Crippen LogP contribution is 2.27. The number of carbonyl (C=O) groups excluding carboxylic acids is 1. The quantitative estimate of drug-likeness (QED) is 0.908. The van der Waals surface area contributed by atoms with Crippen LogP contribution in [0.3, 0.4) is 0 Å². The van der Waals surface area contributed by atoms with Gasteiger partial charge in [-0.1, -0.05) is 44.2 Å². The van der Waals surface area contributed by atoms with Crippen LogP contribution in [0, 0.1) is 5.92 Å². The summed E-state index contributed by atoms with van der Waals surface area (Å²) in [5.41, 5.74) is 0.265. The summed E-state index contributed by atoms with van der Waals surface area (Å²) < 4.78 is 5.70. The molecule has 0 aliphatic carbocycles. The van der Waals surface area contributed by atoms with Gasteiger partial charge in [-0.05, 0) is 19.4 Å². The number of aliphatic imine (C=N–C) groups is 1. The van der Waals surface area contributed by atoms with Gasteiger partial charge in [0, 0.05) is 5.92 Å². The summed E-state index contributed by atoms with van der Waals surface area (Å²) in [5.74, 6) is -0.0336. The predicted octanol–water partition coefficient (Wildman–Crippen LogP) is 2.66. The van der Waals surface area contributed by atoms with Crippen LogP contribution < -0.4 is 5.32 Å². The molecule has 1 aromatic rings. The molecule has 1 aliphatic heterocycles. The Morgan fingerprint density at radius 3 is 2.37 bits per heavy atom. The maximum atomic E-state index is 11.9. The Kier molecular flexibility index (Phi) is 3.60. The highest BCUT2D eigenvalue weighted by molar-refractivity contribution is 6.04. The Bertz CT molecular complexity index is 496. The largest absolute Gasteiger partial charge is 0.448 e. The molecular weight excluding hydrogens is 240 g/mol. The lowest BCUT2D eigenvalue weighted by Gasteiger charge is -2.23. The smallest absolute Gasteiger partial charge is 0.293 e. The third kappa shape index (κ3) is 2.62. The van der Waals surface area contributed by atoms with E-state index >= 15 is 0 Å². The molecule has 0 radical (unpaired) electrons. The number of ether oxygens (including phenoxy) is 1. The molecule has 0 spiro atoms. The minimum absolute atomic E-state index is 0.0500. The van der Waals surface area contributed by atoms with Gasteiger partial charge in [0.25, 0.3) is 11.9 Å². The van der Waals surface area contributed by atoms with Crippen LogP contribution in [-0.4, -0.2) is 17.5 Å². The SMILES string of the molecule is CC(C)C1(C)OC(=N[C@H](C)c2ccccc2)NC1=O. The lowest BCUT2D eigenvalue weighted by molar-refractivity contribution is -0.132. The number of amidine groups is 1. The van der Waals surface area contributed by atoms with Crippen LogP contribution in [0.4, 0.5) is 0 Å². The first-order chi connectivity index (χ1) is 8.93. The Labute approximate surface area is 113 Å². The first-order valence-corrected chi connectivity index (χ1v) is 6.56. The van der Waals surface area contributed by atoms with E-state index in [1.165, 1.54) is 0 Å². The second-order valence-electron chi connectivity index (χ2n) is 5.34. The lowest BCUT2D eigenvalue weighted by Crippen LogP contribution is -2.40. The van der Waals surface area contributed by atoms with E-state index in [0.717, 1.165) is 5.56 Å². The predicted molar refractivity (Wildman–Crippen MR) is 74.8 cm³/mol. The third-order valence-corrected chi connectivity index (χ3v) is 3.67. The summed E-state index contributed by atoms with van der Waals surface area (Å²) >= 11 is 0. The molecule has 1 amide bonds. The van der Waals surface area contributed by atoms with Crippen molar-refractivity contribution in [1.29, 1.82) is 0 Å². The van der Waals surface area contributed by atoms with Gasteiger partial charge in [-0.3, -0.25) is 10.1 Å². The van der Waals surface area contributed by atoms with E-state index in [-0.39, 0.29) is 17.9 Å². The number of nitrogens with zero attached hydrogens (tertiary/aromatic N) is 1. The van der Waals surface area contributed by atoms with E-state index in [2.05, 4.69) is 10.3 Å². The van der Waals surface area contributed by atoms with E-state index in [4.69, 9.17) is 4.74 Å². The van der Waals surface area contributed by atoms with Gasteiger partial charge in [0.05, 0.1) is 6.04 Å². The van der Waals surface area contributed by atoms with Crippen molar-refractivity contribution < 1.29 is 9.53 Å². The summed E-state index contributed by atoms with van der Waals surface area (Å²) in [4.78, 5) is 16.4. The molecule has 1 aromatic carbocycles. The summed E-state index contributed by atoms with van der Waals surface area (Å²) in [5, 5.41) is 2.72. The maximum absolute atomic E-state index is 11.9. The topological polar surface area (TPSA) is 50.7 Å². The first kappa shape index (κ1) is 13.6. The molecule has 2 atom stereocenters. The zero-order chi connectivity index (χ0) is 14.0. The van der Waals surface area contributed by atoms with Crippen molar-refractivity contribution in [3.63, 3.8) is 0 Å². The Morgan fingerprint density at radius 2 is 1.84 bits per heavy atom. The van der Waals surface area contributed by atoms with E-state index in [1.54, 1.807) is 6.92 Å². The molecule has 4 nitrogen and oxygen atoms in total. The van der Waals surface area contributed by atoms with Crippen LogP contribution in [0.1, 0.15) is 39.3 Å². The third-order valence-electron chi connectivity index (χ3n) is 3.67. The summed E-state index contributed by atoms with van der Waals surface area (Å²) in [6, 6.07) is 10.2. The zero-order valence-electron chi connectivity index (χ0n) is 11.8. The molecule has 0 saturated carbocycles. The number of rotatable bonds is 3. The average molecular weight is 260 g/mol. The van der Waals surface area contributed by atoms with Crippen molar-refractivity contribution in [2.45, 2.75) is 39.3 Å². The van der Waals surface area contributed by atoms with E-state index in [0.29, 0.717) is 6.02 Å². The normalized spacial score (nSPS) is 26.4. The lowest BCUT2D eigenvalue weighted by atomic mass is 9.92. The van der Waals surface area contributed by atoms with Crippen LogP contribution in [0.2, 0.25) is 0 Å². The number of hydrogen-bond acceptors (Lipinski definition) is 3. The van der Waals surface area contributed by atoms with Crippen LogP contribution in [-0.2, 0) is 9.53 Å². The van der Waals surface area contributed by atoms with Gasteiger partial charge < -0.3 is 4.74 Å². The van der Waals surface area contributed by atoms with Gasteiger partial charge >= 0.3 is 0 Å². The van der Waals surface area contributed by atoms with E-state index < -0.39 is 5.60 Å². The molecule has 4 heteroatoms. The fourth-order valence-electron chi connectivity index (χ4n) is 1.91. The summed E-state index contributed by atoms with van der Waals surface area (Å²) in [6.07, 6.45) is 0. The number of hydrogen-bond donors (Lipinski definition) is 1. The second kappa shape index (κ2) is 5.03. The number of amides is 1. The van der Waals surface area contributed by atoms with E-state index in [1.807, 2.05) is 51.1 Å². The number of carbonyl (C=O) groups is 1. The number of nitrogens with one attached hydrogen (secondary N) is 1. The molecule has 1 heterocycles. The molecule has 19 heavy (non-hydrogen) atoms. The first-order valence-electron chi connectivity index (χ1n) is 6.56. The Hall–Kier alpha value is -1.84. The fourth-order valence-corrected chi connectivity index (χ4v) is 1.91. The molecule has 0 bridgehead atoms. The van der Waals surface area contributed by atoms with Crippen molar-refractivity contribution in [2.24, 2.45) is 10.9 Å². The van der Waals surface area contributed by atoms with Crippen molar-refractivity contribution in [2.75, 3.05) is 0 Å². The van der Waals surface area contributed by atoms with Crippen molar-refractivity contribution in [3.8, 4) is 0 Å². The molecular formula is C15H20N2O2. The molecule has 102 valence electrons. The highest BCUT2D eigenvalue weighted by Gasteiger charge is 2.46. The van der Waals surface area contributed by atoms with Crippen molar-refractivity contribution >= 4 is 11.9 Å². The van der Waals surface area contributed by atoms with Gasteiger partial charge in [-0.25, -0.2) is 4.99 Å². The highest BCUT2D eigenvalue weighted by atomic mass is 16.5. The molecule has 0 aromatic heterocycles. The molecule has 1 N–H and O–H groups in total. The van der Waals surface area contributed by atoms with Gasteiger partial charge in [0.15, 0.2) is 5.60 Å². The van der Waals surface area contributed by atoms with Gasteiger partial charge in [0.1, 0.15) is 0 Å². The molecule has 1 fully saturated rings. The second-order valence-corrected chi connectivity index (χ2v) is 5.34. The Morgan fingerprint density at radius 1 is 1.21 bits per heavy atom. The van der Waals surface area contributed by atoms with Gasteiger partial charge in [0.2, 0.25) is 0 Å². The van der Waals surface area contributed by atoms with Crippen LogP contribution in [0.15, 0.2) is 35.3 Å². The summed E-state index contributed by atoms with van der Waals surface area (Å²) in [6.45, 7) is 7.69. The minimum Gasteiger partial charge on any atom is -0.448 e. The van der Waals surface area contributed by atoms with Gasteiger partial charge in [-0.15, -0.1) is 0 Å². The van der Waals surface area contributed by atoms with Crippen LogP contribution in [0.25, 0.3) is 0 Å². The number of benzene rings is 1. The molecule has 1 aliphatic rings. The molecule has 2 rings (SSSR count). The van der Waals surface area contributed by atoms with Crippen LogP contribution in [0.5, 0.6) is 0 Å². The Balaban J connectivity index is 2.17. The zero-order valence-corrected chi connectivity index (χ0v) is 11.8. The van der Waals surface area contributed by atoms with Crippen molar-refractivity contribution in [1.82, 2.24) is 5.32 Å². The summed E-state index contributed by atoms with van der Waals surface area (Å²) in [7, 11) is 0. The molecule has 1 unspecified atom stereocenters. The van der Waals surface area contributed by atoms with Crippen molar-refractivity contribution in [3.05, 3.63) is 35.9 Å². The minimum atomic E-state index is -0.824. The van der Waals surface area contributed by atoms with Gasteiger partial charge in [-0.2, -0.15) is 0 Å². The molecule has 1 saturated heterocycles. The average Bonchev–Trinajstić information content (AvgIpc) is 2.67. The standard InChI is InChI=1S/C15H20N2O2/c1-10(2)15(4)13(18)17-14(19-15)16-11(3)12-8-6-5-7-9-12/h5-11H,1-4H3,(H,16,17,18)/t11-,15?/m1/s1. The van der Waals surface area contributed by atoms with E-state index in [9.17, 15) is 4.79 Å². The van der Waals surface area contributed by atoms with Crippen LogP contribution >= 0.6 is 0 Å². The maximum Gasteiger partial charge on any atom is 0.293 e.